The zero-order valence-corrected chi connectivity index (χ0v) is 10.3. The molecule has 82 valence electrons. The van der Waals surface area contributed by atoms with Gasteiger partial charge < -0.3 is 4.57 Å². The van der Waals surface area contributed by atoms with E-state index in [4.69, 9.17) is 0 Å². The molecule has 2 heterocycles. The van der Waals surface area contributed by atoms with Crippen molar-refractivity contribution >= 4 is 23.1 Å². The van der Waals surface area contributed by atoms with E-state index in [1.807, 2.05) is 27.9 Å². The van der Waals surface area contributed by atoms with E-state index in [-0.39, 0.29) is 4.87 Å². The van der Waals surface area contributed by atoms with Gasteiger partial charge in [0.2, 0.25) is 0 Å². The Labute approximate surface area is 102 Å². The SMILES string of the molecule is O=c1sccn1CC1Cc2ccccc2S1. The lowest BCUT2D eigenvalue weighted by Crippen LogP contribution is -2.19. The molecule has 0 fully saturated rings. The molecule has 4 heteroatoms. The minimum atomic E-state index is 0.150. The first-order valence-electron chi connectivity index (χ1n) is 5.21. The number of rotatable bonds is 2. The highest BCUT2D eigenvalue weighted by Crippen LogP contribution is 2.37. The Morgan fingerprint density at radius 3 is 3.00 bits per heavy atom. The van der Waals surface area contributed by atoms with E-state index in [0.29, 0.717) is 5.25 Å². The number of hydrogen-bond donors (Lipinski definition) is 0. The molecule has 2 aromatic rings. The van der Waals surface area contributed by atoms with Gasteiger partial charge in [-0.25, -0.2) is 0 Å². The van der Waals surface area contributed by atoms with Crippen LogP contribution in [-0.2, 0) is 13.0 Å². The number of fused-ring (bicyclic) bond motifs is 1. The Balaban J connectivity index is 1.78. The molecule has 0 radical (unpaired) electrons. The van der Waals surface area contributed by atoms with E-state index in [1.165, 1.54) is 21.8 Å². The van der Waals surface area contributed by atoms with E-state index >= 15 is 0 Å². The normalized spacial score (nSPS) is 18.6. The van der Waals surface area contributed by atoms with E-state index in [1.54, 1.807) is 0 Å². The lowest BCUT2D eigenvalue weighted by atomic mass is 10.1. The predicted octanol–water partition coefficient (Wildman–Crippen LogP) is 2.63. The summed E-state index contributed by atoms with van der Waals surface area (Å²) in [5.74, 6) is 0. The Morgan fingerprint density at radius 2 is 2.25 bits per heavy atom. The molecule has 1 aromatic carbocycles. The van der Waals surface area contributed by atoms with Gasteiger partial charge >= 0.3 is 4.87 Å². The average molecular weight is 249 g/mol. The molecule has 1 unspecified atom stereocenters. The maximum atomic E-state index is 11.5. The number of nitrogens with zero attached hydrogens (tertiary/aromatic N) is 1. The van der Waals surface area contributed by atoms with Crippen molar-refractivity contribution in [3.63, 3.8) is 0 Å². The first-order valence-corrected chi connectivity index (χ1v) is 6.97. The molecule has 1 atom stereocenters. The molecule has 3 rings (SSSR count). The van der Waals surface area contributed by atoms with Crippen LogP contribution in [-0.4, -0.2) is 9.82 Å². The second-order valence-corrected chi connectivity index (χ2v) is 6.07. The molecule has 1 aliphatic rings. The Kier molecular flexibility index (Phi) is 2.61. The molecule has 0 aliphatic carbocycles. The number of benzene rings is 1. The first-order chi connectivity index (χ1) is 7.83. The van der Waals surface area contributed by atoms with Crippen LogP contribution in [0.25, 0.3) is 0 Å². The van der Waals surface area contributed by atoms with Crippen LogP contribution in [0.15, 0.2) is 45.5 Å². The van der Waals surface area contributed by atoms with Gasteiger partial charge in [0.1, 0.15) is 0 Å². The van der Waals surface area contributed by atoms with Crippen molar-refractivity contribution in [2.24, 2.45) is 0 Å². The van der Waals surface area contributed by atoms with Gasteiger partial charge in [-0.3, -0.25) is 4.79 Å². The second-order valence-electron chi connectivity index (χ2n) is 3.87. The maximum absolute atomic E-state index is 11.5. The van der Waals surface area contributed by atoms with Gasteiger partial charge in [-0.15, -0.1) is 11.8 Å². The van der Waals surface area contributed by atoms with Crippen LogP contribution in [0.5, 0.6) is 0 Å². The van der Waals surface area contributed by atoms with Gasteiger partial charge in [0.25, 0.3) is 0 Å². The zero-order valence-electron chi connectivity index (χ0n) is 8.63. The summed E-state index contributed by atoms with van der Waals surface area (Å²) in [6, 6.07) is 8.50. The van der Waals surface area contributed by atoms with Crippen molar-refractivity contribution < 1.29 is 0 Å². The molecular weight excluding hydrogens is 238 g/mol. The molecule has 0 amide bonds. The maximum Gasteiger partial charge on any atom is 0.307 e. The molecule has 0 spiro atoms. The highest BCUT2D eigenvalue weighted by atomic mass is 32.2. The van der Waals surface area contributed by atoms with Crippen molar-refractivity contribution in [2.75, 3.05) is 0 Å². The third-order valence-corrected chi connectivity index (χ3v) is 4.75. The summed E-state index contributed by atoms with van der Waals surface area (Å²) in [5, 5.41) is 2.36. The van der Waals surface area contributed by atoms with Crippen LogP contribution in [0.3, 0.4) is 0 Å². The van der Waals surface area contributed by atoms with Crippen LogP contribution in [0.2, 0.25) is 0 Å². The topological polar surface area (TPSA) is 22.0 Å². The summed E-state index contributed by atoms with van der Waals surface area (Å²) in [6.07, 6.45) is 2.96. The third kappa shape index (κ3) is 1.83. The van der Waals surface area contributed by atoms with E-state index in [0.717, 1.165) is 13.0 Å². The third-order valence-electron chi connectivity index (χ3n) is 2.76. The molecule has 0 N–H and O–H groups in total. The minimum Gasteiger partial charge on any atom is -0.305 e. The Bertz CT molecular complexity index is 533. The fourth-order valence-electron chi connectivity index (χ4n) is 2.00. The molecule has 2 nitrogen and oxygen atoms in total. The molecular formula is C12H11NOS2. The predicted molar refractivity (Wildman–Crippen MR) is 68.4 cm³/mol. The first kappa shape index (κ1) is 10.2. The van der Waals surface area contributed by atoms with Crippen LogP contribution < -0.4 is 4.87 Å². The van der Waals surface area contributed by atoms with E-state index < -0.39 is 0 Å². The van der Waals surface area contributed by atoms with Crippen LogP contribution >= 0.6 is 23.1 Å². The lowest BCUT2D eigenvalue weighted by Gasteiger charge is -2.07. The van der Waals surface area contributed by atoms with Gasteiger partial charge in [-0.1, -0.05) is 29.5 Å². The number of thioether (sulfide) groups is 1. The fourth-order valence-corrected chi connectivity index (χ4v) is 3.91. The summed E-state index contributed by atoms with van der Waals surface area (Å²) in [7, 11) is 0. The van der Waals surface area contributed by atoms with Gasteiger partial charge in [0.15, 0.2) is 0 Å². The molecule has 0 saturated heterocycles. The van der Waals surface area contributed by atoms with Crippen molar-refractivity contribution in [3.8, 4) is 0 Å². The fraction of sp³-hybridized carbons (Fsp3) is 0.250. The highest BCUT2D eigenvalue weighted by molar-refractivity contribution is 8.00. The standard InChI is InChI=1S/C12H11NOS2/c14-12-13(5-6-15-12)8-10-7-9-3-1-2-4-11(9)16-10/h1-6,10H,7-8H2. The second kappa shape index (κ2) is 4.11. The Morgan fingerprint density at radius 1 is 1.38 bits per heavy atom. The molecule has 16 heavy (non-hydrogen) atoms. The molecule has 1 aromatic heterocycles. The van der Waals surface area contributed by atoms with Gasteiger partial charge in [0, 0.05) is 28.3 Å². The average Bonchev–Trinajstić information content (AvgIpc) is 2.85. The monoisotopic (exact) mass is 249 g/mol. The molecule has 0 bridgehead atoms. The van der Waals surface area contributed by atoms with Crippen molar-refractivity contribution in [1.29, 1.82) is 0 Å². The number of thiazole rings is 1. The van der Waals surface area contributed by atoms with Crippen molar-refractivity contribution in [2.45, 2.75) is 23.1 Å². The largest absolute Gasteiger partial charge is 0.307 e. The van der Waals surface area contributed by atoms with Crippen molar-refractivity contribution in [3.05, 3.63) is 51.1 Å². The van der Waals surface area contributed by atoms with Crippen LogP contribution in [0.4, 0.5) is 0 Å². The van der Waals surface area contributed by atoms with Crippen LogP contribution in [0.1, 0.15) is 5.56 Å². The van der Waals surface area contributed by atoms with E-state index in [9.17, 15) is 4.79 Å². The minimum absolute atomic E-state index is 0.150. The summed E-state index contributed by atoms with van der Waals surface area (Å²) in [4.78, 5) is 13.0. The quantitative estimate of drug-likeness (QED) is 0.816. The summed E-state index contributed by atoms with van der Waals surface area (Å²) in [6.45, 7) is 0.821. The lowest BCUT2D eigenvalue weighted by molar-refractivity contribution is 0.655. The summed E-state index contributed by atoms with van der Waals surface area (Å²) < 4.78 is 1.81. The summed E-state index contributed by atoms with van der Waals surface area (Å²) >= 11 is 3.16. The van der Waals surface area contributed by atoms with Gasteiger partial charge in [-0.2, -0.15) is 0 Å². The molecule has 0 saturated carbocycles. The Hall–Kier alpha value is -1.00. The smallest absolute Gasteiger partial charge is 0.305 e. The molecule has 1 aliphatic heterocycles. The number of aromatic nitrogens is 1. The van der Waals surface area contributed by atoms with Crippen LogP contribution in [0, 0.1) is 0 Å². The van der Waals surface area contributed by atoms with E-state index in [2.05, 4.69) is 24.3 Å². The zero-order chi connectivity index (χ0) is 11.0. The highest BCUT2D eigenvalue weighted by Gasteiger charge is 2.22. The van der Waals surface area contributed by atoms with Crippen molar-refractivity contribution in [1.82, 2.24) is 4.57 Å². The van der Waals surface area contributed by atoms with Gasteiger partial charge in [0.05, 0.1) is 0 Å². The van der Waals surface area contributed by atoms with Gasteiger partial charge in [-0.05, 0) is 18.1 Å². The summed E-state index contributed by atoms with van der Waals surface area (Å²) in [5.41, 5.74) is 1.42. The number of hydrogen-bond acceptors (Lipinski definition) is 3.